The molecule has 1 aromatic heterocycles. The monoisotopic (exact) mass is 226 g/mol. The summed E-state index contributed by atoms with van der Waals surface area (Å²) < 4.78 is 12.6. The van der Waals surface area contributed by atoms with E-state index in [2.05, 4.69) is 4.98 Å². The molecule has 1 heterocycles. The molecule has 88 valence electrons. The lowest BCUT2D eigenvalue weighted by atomic mass is 10.0. The number of likely N-dealkylation sites (N-methyl/N-ethyl adjacent to an activating group) is 1. The zero-order chi connectivity index (χ0) is 12.3. The molecular formula is C11H15FN2O2. The molecule has 0 atom stereocenters. The van der Waals surface area contributed by atoms with E-state index < -0.39 is 11.5 Å². The van der Waals surface area contributed by atoms with E-state index in [1.165, 1.54) is 17.2 Å². The minimum Gasteiger partial charge on any atom is -0.394 e. The molecule has 0 saturated carbocycles. The van der Waals surface area contributed by atoms with Crippen molar-refractivity contribution in [2.75, 3.05) is 13.7 Å². The molecule has 0 unspecified atom stereocenters. The van der Waals surface area contributed by atoms with Crippen molar-refractivity contribution in [1.29, 1.82) is 0 Å². The van der Waals surface area contributed by atoms with Gasteiger partial charge in [0.1, 0.15) is 0 Å². The zero-order valence-electron chi connectivity index (χ0n) is 9.57. The fraction of sp³-hybridized carbons (Fsp3) is 0.455. The van der Waals surface area contributed by atoms with Crippen LogP contribution in [0.2, 0.25) is 0 Å². The average molecular weight is 226 g/mol. The van der Waals surface area contributed by atoms with Crippen LogP contribution in [-0.4, -0.2) is 40.1 Å². The average Bonchev–Trinajstić information content (AvgIpc) is 2.28. The van der Waals surface area contributed by atoms with Gasteiger partial charge in [-0.3, -0.25) is 4.79 Å². The minimum atomic E-state index is -0.661. The van der Waals surface area contributed by atoms with Gasteiger partial charge in [-0.15, -0.1) is 0 Å². The van der Waals surface area contributed by atoms with Gasteiger partial charge in [0.15, 0.2) is 0 Å². The summed E-state index contributed by atoms with van der Waals surface area (Å²) in [7, 11) is 1.59. The summed E-state index contributed by atoms with van der Waals surface area (Å²) in [5.41, 5.74) is -0.365. The van der Waals surface area contributed by atoms with Crippen LogP contribution in [0, 0.1) is 5.95 Å². The van der Waals surface area contributed by atoms with E-state index in [4.69, 9.17) is 5.11 Å². The lowest BCUT2D eigenvalue weighted by Crippen LogP contribution is -2.47. The maximum Gasteiger partial charge on any atom is 0.255 e. The molecule has 0 aliphatic carbocycles. The topological polar surface area (TPSA) is 53.4 Å². The quantitative estimate of drug-likeness (QED) is 0.784. The molecule has 4 nitrogen and oxygen atoms in total. The summed E-state index contributed by atoms with van der Waals surface area (Å²) in [5, 5.41) is 9.13. The Labute approximate surface area is 93.7 Å². The highest BCUT2D eigenvalue weighted by molar-refractivity contribution is 5.94. The fourth-order valence-corrected chi connectivity index (χ4v) is 1.08. The second-order valence-electron chi connectivity index (χ2n) is 4.20. The van der Waals surface area contributed by atoms with Gasteiger partial charge in [0, 0.05) is 13.2 Å². The number of aliphatic hydroxyl groups excluding tert-OH is 1. The molecule has 0 aliphatic heterocycles. The first-order valence-electron chi connectivity index (χ1n) is 4.89. The number of aromatic nitrogens is 1. The predicted molar refractivity (Wildman–Crippen MR) is 57.5 cm³/mol. The van der Waals surface area contributed by atoms with Crippen molar-refractivity contribution >= 4 is 5.91 Å². The molecule has 0 radical (unpaired) electrons. The molecule has 16 heavy (non-hydrogen) atoms. The molecule has 0 bridgehead atoms. The van der Waals surface area contributed by atoms with Crippen LogP contribution in [0.4, 0.5) is 4.39 Å². The normalized spacial score (nSPS) is 11.3. The van der Waals surface area contributed by atoms with E-state index in [1.807, 2.05) is 0 Å². The highest BCUT2D eigenvalue weighted by Gasteiger charge is 2.27. The third-order valence-corrected chi connectivity index (χ3v) is 2.57. The van der Waals surface area contributed by atoms with Crippen molar-refractivity contribution in [3.8, 4) is 0 Å². The first-order chi connectivity index (χ1) is 7.38. The molecule has 5 heteroatoms. The van der Waals surface area contributed by atoms with Gasteiger partial charge in [0.25, 0.3) is 5.91 Å². The highest BCUT2D eigenvalue weighted by Crippen LogP contribution is 2.14. The molecular weight excluding hydrogens is 211 g/mol. The number of rotatable bonds is 3. The van der Waals surface area contributed by atoms with Crippen molar-refractivity contribution in [2.24, 2.45) is 0 Å². The second-order valence-corrected chi connectivity index (χ2v) is 4.20. The summed E-state index contributed by atoms with van der Waals surface area (Å²) >= 11 is 0. The Morgan fingerprint density at radius 1 is 1.56 bits per heavy atom. The maximum absolute atomic E-state index is 12.6. The predicted octanol–water partition coefficient (Wildman–Crippen LogP) is 1.06. The van der Waals surface area contributed by atoms with Crippen LogP contribution in [0.25, 0.3) is 0 Å². The largest absolute Gasteiger partial charge is 0.394 e. The van der Waals surface area contributed by atoms with E-state index in [0.29, 0.717) is 5.56 Å². The van der Waals surface area contributed by atoms with Crippen LogP contribution in [0.15, 0.2) is 18.3 Å². The summed E-state index contributed by atoms with van der Waals surface area (Å²) in [6, 6.07) is 2.50. The Bertz CT molecular complexity index is 376. The van der Waals surface area contributed by atoms with E-state index in [1.54, 1.807) is 20.9 Å². The maximum atomic E-state index is 12.6. The Hall–Kier alpha value is -1.49. The van der Waals surface area contributed by atoms with Gasteiger partial charge in [-0.25, -0.2) is 4.98 Å². The Balaban J connectivity index is 2.90. The summed E-state index contributed by atoms with van der Waals surface area (Å²) in [6.07, 6.45) is 1.18. The van der Waals surface area contributed by atoms with Gasteiger partial charge in [-0.05, 0) is 26.0 Å². The number of carbonyl (C=O) groups is 1. The highest BCUT2D eigenvalue weighted by atomic mass is 19.1. The molecule has 1 aromatic rings. The molecule has 0 saturated heterocycles. The Kier molecular flexibility index (Phi) is 3.59. The fourth-order valence-electron chi connectivity index (χ4n) is 1.08. The number of pyridine rings is 1. The number of hydrogen-bond donors (Lipinski definition) is 1. The van der Waals surface area contributed by atoms with E-state index >= 15 is 0 Å². The lowest BCUT2D eigenvalue weighted by Gasteiger charge is -2.33. The van der Waals surface area contributed by atoms with Crippen molar-refractivity contribution in [1.82, 2.24) is 9.88 Å². The molecule has 0 aliphatic rings. The van der Waals surface area contributed by atoms with E-state index in [0.717, 1.165) is 6.07 Å². The molecule has 0 fully saturated rings. The standard InChI is InChI=1S/C11H15FN2O2/c1-11(2,7-15)14(3)10(16)8-4-5-9(12)13-6-8/h4-6,15H,7H2,1-3H3. The number of nitrogens with zero attached hydrogens (tertiary/aromatic N) is 2. The van der Waals surface area contributed by atoms with Gasteiger partial charge in [-0.2, -0.15) is 4.39 Å². The van der Waals surface area contributed by atoms with Crippen LogP contribution >= 0.6 is 0 Å². The van der Waals surface area contributed by atoms with Crippen molar-refractivity contribution in [3.63, 3.8) is 0 Å². The Morgan fingerprint density at radius 2 is 2.19 bits per heavy atom. The summed E-state index contributed by atoms with van der Waals surface area (Å²) in [5.74, 6) is -0.924. The lowest BCUT2D eigenvalue weighted by molar-refractivity contribution is 0.0472. The van der Waals surface area contributed by atoms with Crippen molar-refractivity contribution < 1.29 is 14.3 Å². The summed E-state index contributed by atoms with van der Waals surface area (Å²) in [6.45, 7) is 3.33. The Morgan fingerprint density at radius 3 is 2.62 bits per heavy atom. The van der Waals surface area contributed by atoms with Gasteiger partial charge in [-0.1, -0.05) is 0 Å². The van der Waals surface area contributed by atoms with Crippen LogP contribution in [0.3, 0.4) is 0 Å². The number of hydrogen-bond acceptors (Lipinski definition) is 3. The minimum absolute atomic E-state index is 0.149. The van der Waals surface area contributed by atoms with Gasteiger partial charge in [0.05, 0.1) is 17.7 Å². The number of aliphatic hydroxyl groups is 1. The van der Waals surface area contributed by atoms with Gasteiger partial charge in [0.2, 0.25) is 5.95 Å². The van der Waals surface area contributed by atoms with Gasteiger partial charge < -0.3 is 10.0 Å². The molecule has 1 N–H and O–H groups in total. The third-order valence-electron chi connectivity index (χ3n) is 2.57. The summed E-state index contributed by atoms with van der Waals surface area (Å²) in [4.78, 5) is 16.7. The number of carbonyl (C=O) groups excluding carboxylic acids is 1. The SMILES string of the molecule is CN(C(=O)c1ccc(F)nc1)C(C)(C)CO. The van der Waals surface area contributed by atoms with E-state index in [9.17, 15) is 9.18 Å². The first kappa shape index (κ1) is 12.6. The molecule has 1 amide bonds. The molecule has 0 spiro atoms. The third kappa shape index (κ3) is 2.55. The molecule has 1 rings (SSSR count). The van der Waals surface area contributed by atoms with Crippen molar-refractivity contribution in [2.45, 2.75) is 19.4 Å². The zero-order valence-corrected chi connectivity index (χ0v) is 9.57. The van der Waals surface area contributed by atoms with Crippen LogP contribution in [0.1, 0.15) is 24.2 Å². The second kappa shape index (κ2) is 4.57. The first-order valence-corrected chi connectivity index (χ1v) is 4.89. The number of amides is 1. The smallest absolute Gasteiger partial charge is 0.255 e. The van der Waals surface area contributed by atoms with Crippen LogP contribution < -0.4 is 0 Å². The molecule has 0 aromatic carbocycles. The van der Waals surface area contributed by atoms with Gasteiger partial charge >= 0.3 is 0 Å². The van der Waals surface area contributed by atoms with Crippen LogP contribution in [-0.2, 0) is 0 Å². The van der Waals surface area contributed by atoms with E-state index in [-0.39, 0.29) is 12.5 Å². The number of halogens is 1. The van der Waals surface area contributed by atoms with Crippen LogP contribution in [0.5, 0.6) is 0 Å². The van der Waals surface area contributed by atoms with Crippen molar-refractivity contribution in [3.05, 3.63) is 29.8 Å².